The van der Waals surface area contributed by atoms with E-state index in [2.05, 4.69) is 350 Å². The van der Waals surface area contributed by atoms with Crippen molar-refractivity contribution in [2.24, 2.45) is 0 Å². The number of rotatable bonds is 6. The molecule has 0 unspecified atom stereocenters. The van der Waals surface area contributed by atoms with Crippen LogP contribution in [0.15, 0.2) is 349 Å². The molecular formula is C98H56N2O2S. The minimum absolute atomic E-state index is 0.504. The fraction of sp³-hybridized carbons (Fsp3) is 0.0204. The quantitative estimate of drug-likeness (QED) is 0.155. The van der Waals surface area contributed by atoms with Gasteiger partial charge >= 0.3 is 0 Å². The summed E-state index contributed by atoms with van der Waals surface area (Å²) in [6.45, 7) is 0. The Morgan fingerprint density at radius 3 is 0.922 bits per heavy atom. The zero-order valence-electron chi connectivity index (χ0n) is 55.5. The number of thiophene rings is 1. The molecule has 0 bridgehead atoms. The average Bonchev–Trinajstić information content (AvgIpc) is 1.52. The van der Waals surface area contributed by atoms with Crippen LogP contribution in [0.1, 0.15) is 44.5 Å². The van der Waals surface area contributed by atoms with Gasteiger partial charge in [-0.05, 0) is 237 Å². The molecule has 17 aromatic carbocycles. The van der Waals surface area contributed by atoms with Crippen molar-refractivity contribution in [1.29, 1.82) is 0 Å². The molecule has 0 radical (unpaired) electrons. The number of hydrogen-bond acceptors (Lipinski definition) is 5. The SMILES string of the molecule is c1ccc2c(c1)-c1ccccc1C21c2ccccc2-c2ccc(N(c3ccc4oc5ccccc5c4c3)c3ccc4sc5cc6c7ccc(N(c8ccc9c(c8)C8(c%10ccccc%10-c%10ccccc%108)c8ccccc8-9)c8ccc9oc%10ccccc%10c9c8)cc7c7ccccc7c6cc5c4c3)cc21. The maximum absolute atomic E-state index is 6.53. The largest absolute Gasteiger partial charge is 0.456 e. The Balaban J connectivity index is 0.697. The third-order valence-electron chi connectivity index (χ3n) is 23.6. The molecule has 4 nitrogen and oxygen atoms in total. The van der Waals surface area contributed by atoms with Gasteiger partial charge in [0.2, 0.25) is 0 Å². The van der Waals surface area contributed by atoms with E-state index in [0.29, 0.717) is 0 Å². The first-order valence-corrected chi connectivity index (χ1v) is 36.4. The highest BCUT2D eigenvalue weighted by Gasteiger charge is 2.53. The van der Waals surface area contributed by atoms with Crippen molar-refractivity contribution in [2.75, 3.05) is 9.80 Å². The maximum Gasteiger partial charge on any atom is 0.135 e. The van der Waals surface area contributed by atoms with E-state index in [1.807, 2.05) is 11.3 Å². The van der Waals surface area contributed by atoms with Gasteiger partial charge in [0, 0.05) is 75.8 Å². The van der Waals surface area contributed by atoms with Gasteiger partial charge in [-0.3, -0.25) is 0 Å². The van der Waals surface area contributed by atoms with E-state index < -0.39 is 10.8 Å². The molecule has 20 aromatic rings. The Hall–Kier alpha value is -13.1. The number of benzene rings is 17. The number of hydrogen-bond donors (Lipinski definition) is 0. The Labute approximate surface area is 596 Å². The van der Waals surface area contributed by atoms with E-state index in [0.717, 1.165) is 78.0 Å². The summed E-state index contributed by atoms with van der Waals surface area (Å²) >= 11 is 1.88. The smallest absolute Gasteiger partial charge is 0.135 e. The van der Waals surface area contributed by atoms with Gasteiger partial charge in [-0.2, -0.15) is 0 Å². The summed E-state index contributed by atoms with van der Waals surface area (Å²) in [7, 11) is 0. The minimum Gasteiger partial charge on any atom is -0.456 e. The molecule has 476 valence electrons. The Kier molecular flexibility index (Phi) is 11.0. The number of para-hydroxylation sites is 2. The van der Waals surface area contributed by atoms with Crippen molar-refractivity contribution in [3.63, 3.8) is 0 Å². The topological polar surface area (TPSA) is 32.8 Å². The van der Waals surface area contributed by atoms with Gasteiger partial charge in [-0.25, -0.2) is 0 Å². The lowest BCUT2D eigenvalue weighted by atomic mass is 9.70. The zero-order chi connectivity index (χ0) is 67.0. The van der Waals surface area contributed by atoms with Crippen molar-refractivity contribution < 1.29 is 8.83 Å². The van der Waals surface area contributed by atoms with Gasteiger partial charge < -0.3 is 18.6 Å². The van der Waals surface area contributed by atoms with E-state index in [4.69, 9.17) is 8.83 Å². The van der Waals surface area contributed by atoms with E-state index in [1.165, 1.54) is 142 Å². The van der Waals surface area contributed by atoms with Crippen LogP contribution in [0.25, 0.3) is 141 Å². The van der Waals surface area contributed by atoms with Gasteiger partial charge in [0.1, 0.15) is 22.3 Å². The van der Waals surface area contributed by atoms with Crippen LogP contribution in [0.2, 0.25) is 0 Å². The van der Waals surface area contributed by atoms with Crippen molar-refractivity contribution in [3.05, 3.63) is 384 Å². The summed E-state index contributed by atoms with van der Waals surface area (Å²) in [5.41, 5.74) is 29.7. The van der Waals surface area contributed by atoms with Crippen molar-refractivity contribution in [3.8, 4) is 44.5 Å². The van der Waals surface area contributed by atoms with Gasteiger partial charge in [0.15, 0.2) is 0 Å². The molecule has 0 atom stereocenters. The third kappa shape index (κ3) is 7.28. The zero-order valence-corrected chi connectivity index (χ0v) is 56.3. The molecule has 0 saturated heterocycles. The summed E-state index contributed by atoms with van der Waals surface area (Å²) in [4.78, 5) is 4.97. The molecule has 0 amide bonds. The highest BCUT2D eigenvalue weighted by Crippen LogP contribution is 2.66. The van der Waals surface area contributed by atoms with Crippen LogP contribution in [-0.2, 0) is 10.8 Å². The summed E-state index contributed by atoms with van der Waals surface area (Å²) in [6.07, 6.45) is 0. The molecule has 0 N–H and O–H groups in total. The first kappa shape index (κ1) is 55.8. The van der Waals surface area contributed by atoms with Crippen molar-refractivity contribution in [1.82, 2.24) is 0 Å². The van der Waals surface area contributed by atoms with E-state index in [9.17, 15) is 0 Å². The normalized spacial score (nSPS) is 13.8. The van der Waals surface area contributed by atoms with Gasteiger partial charge in [0.25, 0.3) is 0 Å². The first-order chi connectivity index (χ1) is 51.0. The third-order valence-corrected chi connectivity index (χ3v) is 24.8. The summed E-state index contributed by atoms with van der Waals surface area (Å²) in [6, 6.07) is 128. The van der Waals surface area contributed by atoms with E-state index in [1.54, 1.807) is 0 Å². The van der Waals surface area contributed by atoms with Gasteiger partial charge in [0.05, 0.1) is 10.8 Å². The molecule has 4 aliphatic rings. The molecular weight excluding hydrogens is 1270 g/mol. The van der Waals surface area contributed by atoms with Gasteiger partial charge in [-0.1, -0.05) is 224 Å². The molecule has 3 heterocycles. The van der Waals surface area contributed by atoms with Crippen LogP contribution in [0, 0.1) is 0 Å². The van der Waals surface area contributed by atoms with Crippen LogP contribution in [0.5, 0.6) is 0 Å². The molecule has 0 fully saturated rings. The number of furan rings is 2. The van der Waals surface area contributed by atoms with Crippen molar-refractivity contribution >= 4 is 142 Å². The summed E-state index contributed by atoms with van der Waals surface area (Å²) < 4.78 is 15.5. The fourth-order valence-corrected chi connectivity index (χ4v) is 20.6. The first-order valence-electron chi connectivity index (χ1n) is 35.6. The predicted molar refractivity (Wildman–Crippen MR) is 428 cm³/mol. The van der Waals surface area contributed by atoms with Gasteiger partial charge in [-0.15, -0.1) is 11.3 Å². The Morgan fingerprint density at radius 1 is 0.184 bits per heavy atom. The molecule has 4 aliphatic carbocycles. The molecule has 0 saturated carbocycles. The molecule has 24 rings (SSSR count). The Morgan fingerprint density at radius 2 is 0.476 bits per heavy atom. The number of anilines is 6. The van der Waals surface area contributed by atoms with E-state index >= 15 is 0 Å². The molecule has 3 aromatic heterocycles. The second kappa shape index (κ2) is 20.3. The Bertz CT molecular complexity index is 7060. The lowest BCUT2D eigenvalue weighted by Crippen LogP contribution is -2.26. The monoisotopic (exact) mass is 1320 g/mol. The number of nitrogens with zero attached hydrogens (tertiary/aromatic N) is 2. The minimum atomic E-state index is -0.509. The van der Waals surface area contributed by atoms with E-state index in [-0.39, 0.29) is 0 Å². The second-order valence-electron chi connectivity index (χ2n) is 28.4. The summed E-state index contributed by atoms with van der Waals surface area (Å²) in [5.74, 6) is 0. The lowest BCUT2D eigenvalue weighted by molar-refractivity contribution is 0.668. The maximum atomic E-state index is 6.53. The van der Waals surface area contributed by atoms with Crippen LogP contribution in [0.4, 0.5) is 34.1 Å². The van der Waals surface area contributed by atoms with Crippen LogP contribution >= 0.6 is 11.3 Å². The second-order valence-corrected chi connectivity index (χ2v) is 29.5. The number of fused-ring (bicyclic) bond motifs is 35. The summed E-state index contributed by atoms with van der Waals surface area (Å²) in [5, 5.41) is 14.2. The van der Waals surface area contributed by atoms with Crippen LogP contribution in [0.3, 0.4) is 0 Å². The van der Waals surface area contributed by atoms with Crippen molar-refractivity contribution in [2.45, 2.75) is 10.8 Å². The fourth-order valence-electron chi connectivity index (χ4n) is 19.5. The molecule has 2 spiro atoms. The molecule has 103 heavy (non-hydrogen) atoms. The standard InChI is InChI=1S/C98H56N2O2S/c1-2-20-64-63(19-1)76-49-57(99(58-40-46-93-79(50-58)74-27-9-17-35-91(74)101-93)61-38-44-72-70-25-7-15-33-87(70)97(89(72)53-61)83-29-11-3-21-66(83)67-22-4-12-30-84(67)97)37-43-65(76)78-56-96-82(55-77(64)78)81-52-60(42-48-95(81)103-96)100(59-41-47-94-80(51-59)75-28-10-18-36-92(75)102-94)62-39-45-73-71-26-8-16-34-88(71)98(90(73)54-62)85-31-13-5-23-68(85)69-24-6-14-32-86(69)98/h1-56H. The predicted octanol–water partition coefficient (Wildman–Crippen LogP) is 26.9. The highest BCUT2D eigenvalue weighted by atomic mass is 32.1. The van der Waals surface area contributed by atoms with Crippen LogP contribution < -0.4 is 9.80 Å². The average molecular weight is 1330 g/mol. The van der Waals surface area contributed by atoms with Crippen LogP contribution in [-0.4, -0.2) is 0 Å². The lowest BCUT2D eigenvalue weighted by Gasteiger charge is -2.32. The molecule has 5 heteroatoms. The highest BCUT2D eigenvalue weighted by molar-refractivity contribution is 7.26. The molecule has 0 aliphatic heterocycles.